The first-order chi connectivity index (χ1) is 16.9. The van der Waals surface area contributed by atoms with Gasteiger partial charge in [-0.25, -0.2) is 0 Å². The first-order valence-electron chi connectivity index (χ1n) is 11.5. The fourth-order valence-electron chi connectivity index (χ4n) is 3.67. The van der Waals surface area contributed by atoms with Crippen LogP contribution in [0.25, 0.3) is 0 Å². The minimum Gasteiger partial charge on any atom is -0.497 e. The summed E-state index contributed by atoms with van der Waals surface area (Å²) in [7, 11) is 1.59. The van der Waals surface area contributed by atoms with E-state index in [1.807, 2.05) is 56.3 Å². The summed E-state index contributed by atoms with van der Waals surface area (Å²) in [6, 6.07) is 23.1. The Morgan fingerprint density at radius 3 is 2.20 bits per heavy atom. The van der Waals surface area contributed by atoms with Crippen LogP contribution in [0.2, 0.25) is 5.02 Å². The van der Waals surface area contributed by atoms with Crippen molar-refractivity contribution in [1.29, 1.82) is 0 Å². The van der Waals surface area contributed by atoms with Crippen molar-refractivity contribution in [2.75, 3.05) is 13.7 Å². The van der Waals surface area contributed by atoms with Crippen molar-refractivity contribution in [1.82, 2.24) is 10.2 Å². The zero-order valence-corrected chi connectivity index (χ0v) is 21.0. The number of nitrogens with one attached hydrogen (secondary N) is 1. The third-order valence-electron chi connectivity index (χ3n) is 5.37. The Bertz CT molecular complexity index is 1100. The molecular formula is C28H31ClN2O4. The van der Waals surface area contributed by atoms with Gasteiger partial charge < -0.3 is 19.7 Å². The maximum absolute atomic E-state index is 13.5. The zero-order valence-electron chi connectivity index (χ0n) is 20.2. The van der Waals surface area contributed by atoms with E-state index < -0.39 is 6.04 Å². The molecule has 2 amide bonds. The van der Waals surface area contributed by atoms with Gasteiger partial charge in [0.15, 0.2) is 6.61 Å². The molecule has 184 valence electrons. The van der Waals surface area contributed by atoms with Crippen molar-refractivity contribution in [3.8, 4) is 11.5 Å². The number of ether oxygens (including phenoxy) is 2. The molecule has 1 atom stereocenters. The molecule has 0 saturated heterocycles. The Kier molecular flexibility index (Phi) is 9.56. The summed E-state index contributed by atoms with van der Waals surface area (Å²) in [6.07, 6.45) is 0.369. The average Bonchev–Trinajstić information content (AvgIpc) is 2.85. The van der Waals surface area contributed by atoms with Crippen LogP contribution in [0.4, 0.5) is 0 Å². The number of hydrogen-bond donors (Lipinski definition) is 1. The standard InChI is InChI=1S/C28H31ClN2O4/c1-20(2)30-28(33)26(17-21-8-5-4-6-9-21)31(18-22-10-7-11-23(29)16-22)27(32)19-35-25-14-12-24(34-3)13-15-25/h4-16,20,26H,17-19H2,1-3H3,(H,30,33). The SMILES string of the molecule is COc1ccc(OCC(=O)N(Cc2cccc(Cl)c2)C(Cc2ccccc2)C(=O)NC(C)C)cc1. The molecule has 0 spiro atoms. The second kappa shape index (κ2) is 12.8. The normalized spacial score (nSPS) is 11.6. The van der Waals surface area contributed by atoms with Crippen molar-refractivity contribution in [3.63, 3.8) is 0 Å². The molecule has 0 heterocycles. The topological polar surface area (TPSA) is 67.9 Å². The smallest absolute Gasteiger partial charge is 0.261 e. The molecule has 7 heteroatoms. The first kappa shape index (κ1) is 26.1. The summed E-state index contributed by atoms with van der Waals surface area (Å²) in [5.41, 5.74) is 1.78. The zero-order chi connectivity index (χ0) is 25.2. The van der Waals surface area contributed by atoms with Gasteiger partial charge in [-0.2, -0.15) is 0 Å². The Balaban J connectivity index is 1.88. The predicted octanol–water partition coefficient (Wildman–Crippen LogP) is 4.89. The van der Waals surface area contributed by atoms with Crippen molar-refractivity contribution >= 4 is 23.4 Å². The minimum absolute atomic E-state index is 0.0700. The second-order valence-corrected chi connectivity index (χ2v) is 8.92. The lowest BCUT2D eigenvalue weighted by atomic mass is 10.0. The van der Waals surface area contributed by atoms with Crippen LogP contribution in [0.5, 0.6) is 11.5 Å². The highest BCUT2D eigenvalue weighted by atomic mass is 35.5. The molecule has 0 aliphatic heterocycles. The van der Waals surface area contributed by atoms with Gasteiger partial charge in [-0.3, -0.25) is 9.59 Å². The van der Waals surface area contributed by atoms with E-state index in [0.29, 0.717) is 22.9 Å². The van der Waals surface area contributed by atoms with Crippen molar-refractivity contribution in [3.05, 3.63) is 95.0 Å². The van der Waals surface area contributed by atoms with E-state index in [1.165, 1.54) is 0 Å². The van der Waals surface area contributed by atoms with Gasteiger partial charge in [-0.05, 0) is 61.4 Å². The highest BCUT2D eigenvalue weighted by molar-refractivity contribution is 6.30. The molecule has 0 aliphatic rings. The molecule has 3 aromatic carbocycles. The molecular weight excluding hydrogens is 464 g/mol. The third kappa shape index (κ3) is 8.04. The summed E-state index contributed by atoms with van der Waals surface area (Å²) in [5, 5.41) is 3.53. The van der Waals surface area contributed by atoms with Gasteiger partial charge in [0.2, 0.25) is 5.91 Å². The molecule has 3 aromatic rings. The minimum atomic E-state index is -0.731. The maximum Gasteiger partial charge on any atom is 0.261 e. The van der Waals surface area contributed by atoms with Gasteiger partial charge in [0.05, 0.1) is 7.11 Å². The van der Waals surface area contributed by atoms with Gasteiger partial charge in [0.1, 0.15) is 17.5 Å². The summed E-state index contributed by atoms with van der Waals surface area (Å²) >= 11 is 6.20. The molecule has 1 N–H and O–H groups in total. The van der Waals surface area contributed by atoms with Crippen LogP contribution in [-0.4, -0.2) is 42.5 Å². The second-order valence-electron chi connectivity index (χ2n) is 8.48. The van der Waals surface area contributed by atoms with Gasteiger partial charge in [-0.1, -0.05) is 54.1 Å². The molecule has 35 heavy (non-hydrogen) atoms. The average molecular weight is 495 g/mol. The van der Waals surface area contributed by atoms with E-state index in [9.17, 15) is 9.59 Å². The molecule has 1 unspecified atom stereocenters. The quantitative estimate of drug-likeness (QED) is 0.412. The van der Waals surface area contributed by atoms with Gasteiger partial charge in [-0.15, -0.1) is 0 Å². The van der Waals surface area contributed by atoms with Gasteiger partial charge >= 0.3 is 0 Å². The highest BCUT2D eigenvalue weighted by Gasteiger charge is 2.31. The van der Waals surface area contributed by atoms with Crippen LogP contribution >= 0.6 is 11.6 Å². The van der Waals surface area contributed by atoms with Crippen LogP contribution in [0.3, 0.4) is 0 Å². The number of carbonyl (C=O) groups excluding carboxylic acids is 2. The fourth-order valence-corrected chi connectivity index (χ4v) is 3.88. The van der Waals surface area contributed by atoms with Crippen LogP contribution in [0.15, 0.2) is 78.9 Å². The lowest BCUT2D eigenvalue weighted by molar-refractivity contribution is -0.143. The predicted molar refractivity (Wildman–Crippen MR) is 138 cm³/mol. The Labute approximate surface area is 211 Å². The molecule has 0 saturated carbocycles. The van der Waals surface area contributed by atoms with Crippen molar-refractivity contribution < 1.29 is 19.1 Å². The van der Waals surface area contributed by atoms with E-state index in [2.05, 4.69) is 5.32 Å². The number of amides is 2. The van der Waals surface area contributed by atoms with Crippen LogP contribution in [-0.2, 0) is 22.6 Å². The number of benzene rings is 3. The lowest BCUT2D eigenvalue weighted by Gasteiger charge is -2.32. The molecule has 0 bridgehead atoms. The number of hydrogen-bond acceptors (Lipinski definition) is 4. The lowest BCUT2D eigenvalue weighted by Crippen LogP contribution is -2.52. The van der Waals surface area contributed by atoms with Crippen LogP contribution in [0, 0.1) is 0 Å². The number of halogens is 1. The summed E-state index contributed by atoms with van der Waals surface area (Å²) in [6.45, 7) is 3.79. The van der Waals surface area contributed by atoms with E-state index >= 15 is 0 Å². The first-order valence-corrected chi connectivity index (χ1v) is 11.9. The van der Waals surface area contributed by atoms with Crippen molar-refractivity contribution in [2.24, 2.45) is 0 Å². The molecule has 6 nitrogen and oxygen atoms in total. The van der Waals surface area contributed by atoms with Crippen molar-refractivity contribution in [2.45, 2.75) is 38.9 Å². The highest BCUT2D eigenvalue weighted by Crippen LogP contribution is 2.20. The number of methoxy groups -OCH3 is 1. The number of nitrogens with zero attached hydrogens (tertiary/aromatic N) is 1. The molecule has 3 rings (SSSR count). The monoisotopic (exact) mass is 494 g/mol. The molecule has 0 aliphatic carbocycles. The van der Waals surface area contributed by atoms with Crippen LogP contribution in [0.1, 0.15) is 25.0 Å². The van der Waals surface area contributed by atoms with Gasteiger partial charge in [0.25, 0.3) is 5.91 Å². The number of carbonyl (C=O) groups is 2. The largest absolute Gasteiger partial charge is 0.497 e. The maximum atomic E-state index is 13.5. The fraction of sp³-hybridized carbons (Fsp3) is 0.286. The third-order valence-corrected chi connectivity index (χ3v) is 5.60. The molecule has 0 radical (unpaired) electrons. The van der Waals surface area contributed by atoms with E-state index in [4.69, 9.17) is 21.1 Å². The molecule has 0 aromatic heterocycles. The Morgan fingerprint density at radius 2 is 1.57 bits per heavy atom. The Hall–Kier alpha value is -3.51. The van der Waals surface area contributed by atoms with Gasteiger partial charge in [0, 0.05) is 24.0 Å². The van der Waals surface area contributed by atoms with Crippen LogP contribution < -0.4 is 14.8 Å². The van der Waals surface area contributed by atoms with E-state index in [-0.39, 0.29) is 31.0 Å². The Morgan fingerprint density at radius 1 is 0.914 bits per heavy atom. The van der Waals surface area contributed by atoms with E-state index in [1.54, 1.807) is 48.4 Å². The summed E-state index contributed by atoms with van der Waals surface area (Å²) in [4.78, 5) is 28.4. The summed E-state index contributed by atoms with van der Waals surface area (Å²) < 4.78 is 10.9. The molecule has 0 fully saturated rings. The summed E-state index contributed by atoms with van der Waals surface area (Å²) in [5.74, 6) is 0.706. The van der Waals surface area contributed by atoms with E-state index in [0.717, 1.165) is 11.1 Å². The number of rotatable bonds is 11.